The van der Waals surface area contributed by atoms with Crippen molar-refractivity contribution in [2.24, 2.45) is 0 Å². The Labute approximate surface area is 172 Å². The highest BCUT2D eigenvalue weighted by Crippen LogP contribution is 2.28. The summed E-state index contributed by atoms with van der Waals surface area (Å²) >= 11 is 3.10. The first-order valence-corrected chi connectivity index (χ1v) is 11.2. The van der Waals surface area contributed by atoms with E-state index in [9.17, 15) is 9.18 Å². The van der Waals surface area contributed by atoms with Crippen LogP contribution in [-0.2, 0) is 17.8 Å². The first-order valence-electron chi connectivity index (χ1n) is 9.30. The van der Waals surface area contributed by atoms with E-state index in [-0.39, 0.29) is 17.5 Å². The normalized spacial score (nSPS) is 11.0. The van der Waals surface area contributed by atoms with Gasteiger partial charge in [0, 0.05) is 28.1 Å². The van der Waals surface area contributed by atoms with Crippen LogP contribution in [0.2, 0.25) is 0 Å². The van der Waals surface area contributed by atoms with Gasteiger partial charge in [-0.15, -0.1) is 21.5 Å². The zero-order valence-corrected chi connectivity index (χ0v) is 17.6. The van der Waals surface area contributed by atoms with Crippen molar-refractivity contribution in [1.82, 2.24) is 14.8 Å². The number of aromatic nitrogens is 3. The molecule has 1 amide bonds. The number of aryl methyl sites for hydroxylation is 1. The first kappa shape index (κ1) is 20.5. The van der Waals surface area contributed by atoms with Gasteiger partial charge < -0.3 is 9.88 Å². The monoisotopic (exact) mass is 418 g/mol. The molecule has 3 rings (SSSR count). The molecule has 0 bridgehead atoms. The average molecular weight is 419 g/mol. The molecule has 148 valence electrons. The van der Waals surface area contributed by atoms with Crippen LogP contribution in [0.4, 0.5) is 10.1 Å². The molecule has 0 radical (unpaired) electrons. The van der Waals surface area contributed by atoms with E-state index in [0.29, 0.717) is 5.69 Å². The molecule has 1 aromatic carbocycles. The Kier molecular flexibility index (Phi) is 7.22. The summed E-state index contributed by atoms with van der Waals surface area (Å²) in [5.74, 6) is 0.569. The second-order valence-electron chi connectivity index (χ2n) is 6.35. The van der Waals surface area contributed by atoms with Crippen molar-refractivity contribution in [1.29, 1.82) is 0 Å². The minimum absolute atomic E-state index is 0.162. The van der Waals surface area contributed by atoms with Crippen LogP contribution < -0.4 is 5.32 Å². The number of hydrogen-bond donors (Lipinski definition) is 1. The lowest BCUT2D eigenvalue weighted by Crippen LogP contribution is -2.14. The van der Waals surface area contributed by atoms with E-state index in [4.69, 9.17) is 0 Å². The van der Waals surface area contributed by atoms with Gasteiger partial charge >= 0.3 is 0 Å². The summed E-state index contributed by atoms with van der Waals surface area (Å²) in [6, 6.07) is 7.90. The Morgan fingerprint density at radius 1 is 1.21 bits per heavy atom. The van der Waals surface area contributed by atoms with E-state index in [1.807, 2.05) is 0 Å². The molecule has 2 heterocycles. The van der Waals surface area contributed by atoms with E-state index in [2.05, 4.69) is 45.4 Å². The molecule has 28 heavy (non-hydrogen) atoms. The molecule has 8 heteroatoms. The molecule has 0 saturated heterocycles. The van der Waals surface area contributed by atoms with Crippen LogP contribution in [0.1, 0.15) is 31.6 Å². The van der Waals surface area contributed by atoms with Gasteiger partial charge in [-0.2, -0.15) is 0 Å². The fraction of sp³-hybridized carbons (Fsp3) is 0.350. The lowest BCUT2D eigenvalue weighted by molar-refractivity contribution is -0.113. The maximum atomic E-state index is 13.0. The molecule has 0 atom stereocenters. The molecule has 0 aliphatic rings. The van der Waals surface area contributed by atoms with Crippen molar-refractivity contribution < 1.29 is 9.18 Å². The van der Waals surface area contributed by atoms with Crippen molar-refractivity contribution in [3.05, 3.63) is 46.4 Å². The molecule has 1 N–H and O–H groups in total. The van der Waals surface area contributed by atoms with Crippen molar-refractivity contribution in [3.8, 4) is 11.4 Å². The number of nitrogens with one attached hydrogen (secondary N) is 1. The van der Waals surface area contributed by atoms with Gasteiger partial charge in [-0.25, -0.2) is 4.39 Å². The van der Waals surface area contributed by atoms with Gasteiger partial charge in [-0.1, -0.05) is 32.0 Å². The van der Waals surface area contributed by atoms with Gasteiger partial charge in [-0.05, 0) is 43.2 Å². The van der Waals surface area contributed by atoms with Crippen molar-refractivity contribution in [3.63, 3.8) is 0 Å². The number of carbonyl (C=O) groups is 1. The highest BCUT2D eigenvalue weighted by Gasteiger charge is 2.16. The number of amides is 1. The van der Waals surface area contributed by atoms with Crippen LogP contribution in [-0.4, -0.2) is 26.4 Å². The van der Waals surface area contributed by atoms with Crippen LogP contribution >= 0.6 is 23.1 Å². The molecule has 0 aliphatic carbocycles. The SMILES string of the molecule is CCCc1cc(-c2nnc(SCC(=O)Nc3ccc(F)cc3)n2CCC)cs1. The maximum Gasteiger partial charge on any atom is 0.234 e. The fourth-order valence-electron chi connectivity index (χ4n) is 2.77. The van der Waals surface area contributed by atoms with Gasteiger partial charge in [-0.3, -0.25) is 4.79 Å². The molecule has 3 aromatic rings. The fourth-order valence-corrected chi connectivity index (χ4v) is 4.50. The van der Waals surface area contributed by atoms with Gasteiger partial charge in [0.15, 0.2) is 11.0 Å². The lowest BCUT2D eigenvalue weighted by atomic mass is 10.2. The third-order valence-electron chi connectivity index (χ3n) is 4.03. The number of hydrogen-bond acceptors (Lipinski definition) is 5. The first-order chi connectivity index (χ1) is 13.6. The third kappa shape index (κ3) is 5.20. The minimum atomic E-state index is -0.330. The second kappa shape index (κ2) is 9.84. The molecule has 5 nitrogen and oxygen atoms in total. The summed E-state index contributed by atoms with van der Waals surface area (Å²) in [5, 5.41) is 14.3. The number of benzene rings is 1. The number of carbonyl (C=O) groups excluding carboxylic acids is 1. The van der Waals surface area contributed by atoms with E-state index < -0.39 is 0 Å². The summed E-state index contributed by atoms with van der Waals surface area (Å²) in [6.07, 6.45) is 3.13. The largest absolute Gasteiger partial charge is 0.325 e. The van der Waals surface area contributed by atoms with Crippen molar-refractivity contribution in [2.45, 2.75) is 44.8 Å². The summed E-state index contributed by atoms with van der Waals surface area (Å²) in [4.78, 5) is 13.6. The van der Waals surface area contributed by atoms with Crippen molar-refractivity contribution in [2.75, 3.05) is 11.1 Å². The Morgan fingerprint density at radius 2 is 2.00 bits per heavy atom. The summed E-state index contributed by atoms with van der Waals surface area (Å²) in [7, 11) is 0. The number of anilines is 1. The molecule has 0 saturated carbocycles. The molecular weight excluding hydrogens is 395 g/mol. The number of halogens is 1. The topological polar surface area (TPSA) is 59.8 Å². The highest BCUT2D eigenvalue weighted by molar-refractivity contribution is 7.99. The van der Waals surface area contributed by atoms with E-state index in [0.717, 1.165) is 42.4 Å². The van der Waals surface area contributed by atoms with E-state index in [1.165, 1.54) is 28.8 Å². The van der Waals surface area contributed by atoms with Crippen molar-refractivity contribution >= 4 is 34.7 Å². The third-order valence-corrected chi connectivity index (χ3v) is 6.00. The smallest absolute Gasteiger partial charge is 0.234 e. The molecule has 0 spiro atoms. The predicted octanol–water partition coefficient (Wildman–Crippen LogP) is 5.24. The molecule has 0 unspecified atom stereocenters. The summed E-state index contributed by atoms with van der Waals surface area (Å²) < 4.78 is 15.0. The van der Waals surface area contributed by atoms with E-state index in [1.54, 1.807) is 23.5 Å². The van der Waals surface area contributed by atoms with Gasteiger partial charge in [0.05, 0.1) is 5.75 Å². The zero-order chi connectivity index (χ0) is 19.9. The van der Waals surface area contributed by atoms with Crippen LogP contribution in [0.15, 0.2) is 40.9 Å². The van der Waals surface area contributed by atoms with Crippen LogP contribution in [0.25, 0.3) is 11.4 Å². The Hall–Kier alpha value is -2.19. The number of nitrogens with zero attached hydrogens (tertiary/aromatic N) is 3. The van der Waals surface area contributed by atoms with Gasteiger partial charge in [0.25, 0.3) is 0 Å². The predicted molar refractivity (Wildman–Crippen MR) is 113 cm³/mol. The standard InChI is InChI=1S/C20H23FN4OS2/c1-3-5-17-11-14(12-27-17)19-23-24-20(25(19)10-4-2)28-13-18(26)22-16-8-6-15(21)7-9-16/h6-9,11-12H,3-5,10,13H2,1-2H3,(H,22,26). The minimum Gasteiger partial charge on any atom is -0.325 e. The Bertz CT molecular complexity index is 921. The zero-order valence-electron chi connectivity index (χ0n) is 15.9. The Morgan fingerprint density at radius 3 is 2.71 bits per heavy atom. The van der Waals surface area contributed by atoms with Crippen LogP contribution in [0.5, 0.6) is 0 Å². The molecule has 0 fully saturated rings. The number of thiophene rings is 1. The van der Waals surface area contributed by atoms with Gasteiger partial charge in [0.1, 0.15) is 5.82 Å². The maximum absolute atomic E-state index is 13.0. The van der Waals surface area contributed by atoms with Crippen LogP contribution in [0, 0.1) is 5.82 Å². The summed E-state index contributed by atoms with van der Waals surface area (Å²) in [5.41, 5.74) is 1.65. The Balaban J connectivity index is 1.68. The molecular formula is C20H23FN4OS2. The second-order valence-corrected chi connectivity index (χ2v) is 8.29. The lowest BCUT2D eigenvalue weighted by Gasteiger charge is -2.08. The van der Waals surface area contributed by atoms with Crippen LogP contribution in [0.3, 0.4) is 0 Å². The quantitative estimate of drug-likeness (QED) is 0.483. The summed E-state index contributed by atoms with van der Waals surface area (Å²) in [6.45, 7) is 5.07. The number of rotatable bonds is 9. The van der Waals surface area contributed by atoms with E-state index >= 15 is 0 Å². The average Bonchev–Trinajstić information content (AvgIpc) is 3.29. The molecule has 0 aliphatic heterocycles. The van der Waals surface area contributed by atoms with Gasteiger partial charge in [0.2, 0.25) is 5.91 Å². The highest BCUT2D eigenvalue weighted by atomic mass is 32.2. The number of thioether (sulfide) groups is 1. The molecule has 2 aromatic heterocycles.